The zero-order valence-electron chi connectivity index (χ0n) is 11.7. The Morgan fingerprint density at radius 1 is 1.32 bits per heavy atom. The van der Waals surface area contributed by atoms with Crippen molar-refractivity contribution in [2.24, 2.45) is 7.05 Å². The first-order chi connectivity index (χ1) is 9.08. The Bertz CT molecular complexity index is 650. The summed E-state index contributed by atoms with van der Waals surface area (Å²) in [6.45, 7) is 2.10. The Hall–Kier alpha value is -1.77. The van der Waals surface area contributed by atoms with Gasteiger partial charge in [0.25, 0.3) is 0 Å². The lowest BCUT2D eigenvalue weighted by molar-refractivity contribution is -0.151. The van der Waals surface area contributed by atoms with E-state index in [0.717, 1.165) is 24.8 Å². The minimum absolute atomic E-state index is 0.0919. The van der Waals surface area contributed by atoms with Gasteiger partial charge in [0.05, 0.1) is 12.5 Å². The molecule has 0 saturated heterocycles. The van der Waals surface area contributed by atoms with E-state index >= 15 is 0 Å². The van der Waals surface area contributed by atoms with E-state index in [2.05, 4.69) is 42.8 Å². The van der Waals surface area contributed by atoms with Crippen molar-refractivity contribution in [3.8, 4) is 0 Å². The third-order valence-electron chi connectivity index (χ3n) is 4.62. The van der Waals surface area contributed by atoms with Gasteiger partial charge in [-0.15, -0.1) is 0 Å². The average Bonchev–Trinajstić information content (AvgIpc) is 2.63. The van der Waals surface area contributed by atoms with Crippen LogP contribution in [-0.2, 0) is 22.0 Å². The van der Waals surface area contributed by atoms with Crippen LogP contribution in [0, 0.1) is 6.92 Å². The van der Waals surface area contributed by atoms with E-state index in [1.807, 2.05) is 0 Å². The topological polar surface area (TPSA) is 31.2 Å². The first-order valence-electron chi connectivity index (χ1n) is 6.73. The first-order valence-corrected chi connectivity index (χ1v) is 6.73. The molecule has 0 unspecified atom stereocenters. The number of carbonyl (C=O) groups excluding carboxylic acids is 1. The molecule has 0 N–H and O–H groups in total. The van der Waals surface area contributed by atoms with Crippen LogP contribution in [0.5, 0.6) is 0 Å². The molecule has 0 spiro atoms. The largest absolute Gasteiger partial charge is 0.468 e. The van der Waals surface area contributed by atoms with Crippen LogP contribution in [0.15, 0.2) is 24.3 Å². The molecule has 3 nitrogen and oxygen atoms in total. The van der Waals surface area contributed by atoms with E-state index in [9.17, 15) is 4.79 Å². The van der Waals surface area contributed by atoms with Crippen LogP contribution in [0.4, 0.5) is 0 Å². The maximum Gasteiger partial charge on any atom is 0.316 e. The minimum Gasteiger partial charge on any atom is -0.468 e. The quantitative estimate of drug-likeness (QED) is 0.774. The van der Waals surface area contributed by atoms with Gasteiger partial charge in [-0.25, -0.2) is 0 Å². The molecular weight excluding hydrogens is 238 g/mol. The number of benzene rings is 1. The van der Waals surface area contributed by atoms with Crippen molar-refractivity contribution >= 4 is 16.9 Å². The molecule has 3 rings (SSSR count). The molecule has 0 bridgehead atoms. The number of esters is 1. The number of carbonyl (C=O) groups is 1. The Labute approximate surface area is 113 Å². The molecule has 1 heterocycles. The average molecular weight is 257 g/mol. The number of nitrogens with zero attached hydrogens (tertiary/aromatic N) is 1. The number of fused-ring (bicyclic) bond motifs is 1. The summed E-state index contributed by atoms with van der Waals surface area (Å²) in [6, 6.07) is 8.51. The van der Waals surface area contributed by atoms with Crippen molar-refractivity contribution in [3.63, 3.8) is 0 Å². The van der Waals surface area contributed by atoms with Gasteiger partial charge < -0.3 is 9.30 Å². The van der Waals surface area contributed by atoms with Crippen LogP contribution in [0.3, 0.4) is 0 Å². The standard InChI is InChI=1S/C16H19NO2/c1-11-9-12-10-13(5-6-14(12)17(11)2)16(7-4-8-16)15(18)19-3/h5-6,9-10H,4,7-8H2,1-3H3. The molecule has 1 fully saturated rings. The van der Waals surface area contributed by atoms with Crippen LogP contribution in [0.1, 0.15) is 30.5 Å². The number of hydrogen-bond donors (Lipinski definition) is 0. The molecule has 1 saturated carbocycles. The highest BCUT2D eigenvalue weighted by Crippen LogP contribution is 2.45. The Balaban J connectivity index is 2.12. The summed E-state index contributed by atoms with van der Waals surface area (Å²) in [5.74, 6) is -0.0919. The molecule has 1 aromatic heterocycles. The lowest BCUT2D eigenvalue weighted by atomic mass is 9.64. The minimum atomic E-state index is -0.396. The van der Waals surface area contributed by atoms with Crippen LogP contribution >= 0.6 is 0 Å². The maximum atomic E-state index is 12.1. The predicted octanol–water partition coefficient (Wildman–Crippen LogP) is 3.08. The van der Waals surface area contributed by atoms with Crippen molar-refractivity contribution in [1.29, 1.82) is 0 Å². The van der Waals surface area contributed by atoms with Crippen molar-refractivity contribution in [3.05, 3.63) is 35.5 Å². The summed E-state index contributed by atoms with van der Waals surface area (Å²) in [6.07, 6.45) is 2.90. The lowest BCUT2D eigenvalue weighted by Gasteiger charge is -2.39. The Morgan fingerprint density at radius 3 is 2.63 bits per heavy atom. The molecule has 2 aromatic rings. The van der Waals surface area contributed by atoms with Crippen LogP contribution < -0.4 is 0 Å². The summed E-state index contributed by atoms with van der Waals surface area (Å²) in [7, 11) is 3.55. The third kappa shape index (κ3) is 1.61. The van der Waals surface area contributed by atoms with Crippen molar-refractivity contribution < 1.29 is 9.53 Å². The van der Waals surface area contributed by atoms with Gasteiger partial charge in [-0.3, -0.25) is 4.79 Å². The predicted molar refractivity (Wildman–Crippen MR) is 75.2 cm³/mol. The van der Waals surface area contributed by atoms with Gasteiger partial charge in [0, 0.05) is 23.6 Å². The van der Waals surface area contributed by atoms with Crippen LogP contribution in [0.25, 0.3) is 10.9 Å². The molecule has 1 aromatic carbocycles. The van der Waals surface area contributed by atoms with Gasteiger partial charge in [-0.2, -0.15) is 0 Å². The highest BCUT2D eigenvalue weighted by molar-refractivity contribution is 5.88. The second-order valence-corrected chi connectivity index (χ2v) is 5.55. The van der Waals surface area contributed by atoms with Crippen LogP contribution in [0.2, 0.25) is 0 Å². The molecular formula is C16H19NO2. The number of rotatable bonds is 2. The fourth-order valence-electron chi connectivity index (χ4n) is 3.12. The fourth-order valence-corrected chi connectivity index (χ4v) is 3.12. The third-order valence-corrected chi connectivity index (χ3v) is 4.62. The smallest absolute Gasteiger partial charge is 0.316 e. The molecule has 0 atom stereocenters. The summed E-state index contributed by atoms with van der Waals surface area (Å²) >= 11 is 0. The molecule has 1 aliphatic rings. The molecule has 0 radical (unpaired) electrons. The molecule has 100 valence electrons. The SMILES string of the molecule is COC(=O)C1(c2ccc3c(c2)cc(C)n3C)CCC1. The summed E-state index contributed by atoms with van der Waals surface area (Å²) in [5.41, 5.74) is 3.14. The second-order valence-electron chi connectivity index (χ2n) is 5.55. The van der Waals surface area contributed by atoms with Gasteiger partial charge in [-0.05, 0) is 43.5 Å². The summed E-state index contributed by atoms with van der Waals surface area (Å²) < 4.78 is 7.18. The summed E-state index contributed by atoms with van der Waals surface area (Å²) in [4.78, 5) is 12.1. The number of aromatic nitrogens is 1. The van der Waals surface area contributed by atoms with Gasteiger partial charge in [0.15, 0.2) is 0 Å². The molecule has 1 aliphatic carbocycles. The molecule has 3 heteroatoms. The Kier molecular flexibility index (Phi) is 2.66. The monoisotopic (exact) mass is 257 g/mol. The second kappa shape index (κ2) is 4.12. The van der Waals surface area contributed by atoms with Crippen LogP contribution in [-0.4, -0.2) is 17.6 Å². The fraction of sp³-hybridized carbons (Fsp3) is 0.438. The molecule has 19 heavy (non-hydrogen) atoms. The van der Waals surface area contributed by atoms with E-state index in [1.54, 1.807) is 0 Å². The molecule has 0 amide bonds. The normalized spacial score (nSPS) is 17.2. The first kappa shape index (κ1) is 12.3. The summed E-state index contributed by atoms with van der Waals surface area (Å²) in [5, 5.41) is 1.20. The van der Waals surface area contributed by atoms with Crippen molar-refractivity contribution in [1.82, 2.24) is 4.57 Å². The zero-order valence-corrected chi connectivity index (χ0v) is 11.7. The molecule has 0 aliphatic heterocycles. The zero-order chi connectivity index (χ0) is 13.6. The van der Waals surface area contributed by atoms with Crippen molar-refractivity contribution in [2.45, 2.75) is 31.6 Å². The lowest BCUT2D eigenvalue weighted by Crippen LogP contribution is -2.43. The Morgan fingerprint density at radius 2 is 2.05 bits per heavy atom. The van der Waals surface area contributed by atoms with E-state index < -0.39 is 5.41 Å². The van der Waals surface area contributed by atoms with E-state index in [0.29, 0.717) is 0 Å². The highest BCUT2D eigenvalue weighted by Gasteiger charge is 2.46. The van der Waals surface area contributed by atoms with E-state index in [-0.39, 0.29) is 5.97 Å². The van der Waals surface area contributed by atoms with Gasteiger partial charge in [0.1, 0.15) is 0 Å². The van der Waals surface area contributed by atoms with Crippen molar-refractivity contribution in [2.75, 3.05) is 7.11 Å². The van der Waals surface area contributed by atoms with Gasteiger partial charge >= 0.3 is 5.97 Å². The maximum absolute atomic E-state index is 12.1. The van der Waals surface area contributed by atoms with Gasteiger partial charge in [-0.1, -0.05) is 12.5 Å². The number of aryl methyl sites for hydroxylation is 2. The number of methoxy groups -OCH3 is 1. The van der Waals surface area contributed by atoms with E-state index in [4.69, 9.17) is 4.74 Å². The highest BCUT2D eigenvalue weighted by atomic mass is 16.5. The number of hydrogen-bond acceptors (Lipinski definition) is 2. The van der Waals surface area contributed by atoms with E-state index in [1.165, 1.54) is 23.7 Å². The van der Waals surface area contributed by atoms with Gasteiger partial charge in [0.2, 0.25) is 0 Å². The number of ether oxygens (including phenoxy) is 1.